The van der Waals surface area contributed by atoms with Crippen molar-refractivity contribution in [2.45, 2.75) is 31.5 Å². The Morgan fingerprint density at radius 3 is 2.79 bits per heavy atom. The van der Waals surface area contributed by atoms with Crippen LogP contribution < -0.4 is 5.32 Å². The molecule has 1 amide bonds. The molecule has 9 heteroatoms. The van der Waals surface area contributed by atoms with Crippen molar-refractivity contribution in [2.24, 2.45) is 5.92 Å². The lowest BCUT2D eigenvalue weighted by molar-refractivity contribution is 0.0873. The molecule has 3 N–H and O–H groups in total. The Labute approximate surface area is 159 Å². The first-order valence-corrected chi connectivity index (χ1v) is 8.97. The highest BCUT2D eigenvalue weighted by Crippen LogP contribution is 2.30. The second kappa shape index (κ2) is 7.51. The fourth-order valence-corrected chi connectivity index (χ4v) is 3.73. The SMILES string of the molecule is O=C(N[C@@H]1CC(Cn2cccn2)C[C@H]1O)c1cn[nH]c1-c1c(F)cccc1F. The van der Waals surface area contributed by atoms with Crippen LogP contribution in [0.25, 0.3) is 11.3 Å². The first kappa shape index (κ1) is 18.3. The Morgan fingerprint density at radius 1 is 1.29 bits per heavy atom. The molecule has 0 spiro atoms. The van der Waals surface area contributed by atoms with Crippen LogP contribution in [0.3, 0.4) is 0 Å². The van der Waals surface area contributed by atoms with Crippen LogP contribution in [0, 0.1) is 17.6 Å². The molecule has 1 aromatic carbocycles. The van der Waals surface area contributed by atoms with Crippen molar-refractivity contribution >= 4 is 5.91 Å². The zero-order chi connectivity index (χ0) is 19.7. The molecule has 0 saturated heterocycles. The van der Waals surface area contributed by atoms with Gasteiger partial charge in [-0.3, -0.25) is 14.6 Å². The van der Waals surface area contributed by atoms with Gasteiger partial charge in [-0.15, -0.1) is 0 Å². The summed E-state index contributed by atoms with van der Waals surface area (Å²) in [5.41, 5.74) is -0.353. The quantitative estimate of drug-likeness (QED) is 0.625. The summed E-state index contributed by atoms with van der Waals surface area (Å²) in [6.45, 7) is 0.647. The van der Waals surface area contributed by atoms with E-state index in [9.17, 15) is 18.7 Å². The van der Waals surface area contributed by atoms with Crippen LogP contribution in [0.4, 0.5) is 8.78 Å². The number of H-pyrrole nitrogens is 1. The lowest BCUT2D eigenvalue weighted by Gasteiger charge is -2.16. The maximum Gasteiger partial charge on any atom is 0.255 e. The van der Waals surface area contributed by atoms with Crippen LogP contribution in [0.2, 0.25) is 0 Å². The van der Waals surface area contributed by atoms with Crippen molar-refractivity contribution in [2.75, 3.05) is 0 Å². The van der Waals surface area contributed by atoms with Crippen LogP contribution >= 0.6 is 0 Å². The van der Waals surface area contributed by atoms with Gasteiger partial charge in [0.1, 0.15) is 11.6 Å². The number of aromatic nitrogens is 4. The van der Waals surface area contributed by atoms with E-state index in [1.807, 2.05) is 12.3 Å². The van der Waals surface area contributed by atoms with Crippen LogP contribution in [-0.2, 0) is 6.54 Å². The number of aliphatic hydroxyl groups excluding tert-OH is 1. The standard InChI is InChI=1S/C19H19F2N5O2/c20-13-3-1-4-14(21)17(13)18-12(9-22-25-18)19(28)24-15-7-11(8-16(15)27)10-26-6-2-5-23-26/h1-6,9,11,15-16,27H,7-8,10H2,(H,22,25)(H,24,28)/t11?,15-,16-/m1/s1. The van der Waals surface area contributed by atoms with E-state index in [1.54, 1.807) is 10.9 Å². The van der Waals surface area contributed by atoms with Gasteiger partial charge < -0.3 is 10.4 Å². The number of hydrogen-bond acceptors (Lipinski definition) is 4. The number of benzene rings is 1. The van der Waals surface area contributed by atoms with Crippen molar-refractivity contribution in [3.63, 3.8) is 0 Å². The van der Waals surface area contributed by atoms with Gasteiger partial charge in [0, 0.05) is 18.9 Å². The maximum absolute atomic E-state index is 14.1. The normalized spacial score (nSPS) is 21.8. The summed E-state index contributed by atoms with van der Waals surface area (Å²) in [6, 6.07) is 4.84. The molecule has 146 valence electrons. The van der Waals surface area contributed by atoms with Gasteiger partial charge >= 0.3 is 0 Å². The average Bonchev–Trinajstić information content (AvgIpc) is 3.38. The smallest absolute Gasteiger partial charge is 0.255 e. The van der Waals surface area contributed by atoms with Gasteiger partial charge in [-0.1, -0.05) is 6.07 Å². The van der Waals surface area contributed by atoms with E-state index < -0.39 is 29.7 Å². The largest absolute Gasteiger partial charge is 0.391 e. The molecule has 2 aromatic heterocycles. The van der Waals surface area contributed by atoms with E-state index >= 15 is 0 Å². The molecule has 7 nitrogen and oxygen atoms in total. The van der Waals surface area contributed by atoms with E-state index in [1.165, 1.54) is 12.3 Å². The molecule has 4 rings (SSSR count). The third kappa shape index (κ3) is 3.53. The molecule has 0 radical (unpaired) electrons. The maximum atomic E-state index is 14.1. The Bertz CT molecular complexity index is 952. The lowest BCUT2D eigenvalue weighted by atomic mass is 10.1. The Hall–Kier alpha value is -3.07. The molecule has 3 atom stereocenters. The Balaban J connectivity index is 1.48. The summed E-state index contributed by atoms with van der Waals surface area (Å²) in [6.07, 6.45) is 5.16. The van der Waals surface area contributed by atoms with Crippen molar-refractivity contribution in [3.8, 4) is 11.3 Å². The second-order valence-electron chi connectivity index (χ2n) is 6.97. The van der Waals surface area contributed by atoms with Crippen molar-refractivity contribution in [1.29, 1.82) is 0 Å². The van der Waals surface area contributed by atoms with E-state index in [-0.39, 0.29) is 22.7 Å². The number of aromatic amines is 1. The van der Waals surface area contributed by atoms with Gasteiger partial charge in [0.05, 0.1) is 35.2 Å². The third-order valence-electron chi connectivity index (χ3n) is 5.04. The highest BCUT2D eigenvalue weighted by molar-refractivity contribution is 6.00. The van der Waals surface area contributed by atoms with E-state index in [0.29, 0.717) is 19.4 Å². The number of halogens is 2. The van der Waals surface area contributed by atoms with Crippen LogP contribution in [-0.4, -0.2) is 43.1 Å². The van der Waals surface area contributed by atoms with Crippen molar-refractivity contribution in [1.82, 2.24) is 25.3 Å². The fraction of sp³-hybridized carbons (Fsp3) is 0.316. The molecule has 1 aliphatic rings. The van der Waals surface area contributed by atoms with Crippen LogP contribution in [0.15, 0.2) is 42.9 Å². The number of aliphatic hydroxyl groups is 1. The molecular weight excluding hydrogens is 368 g/mol. The molecular formula is C19H19F2N5O2. The number of carbonyl (C=O) groups is 1. The van der Waals surface area contributed by atoms with Gasteiger partial charge in [0.2, 0.25) is 0 Å². The minimum absolute atomic E-state index is 0.0201. The van der Waals surface area contributed by atoms with Gasteiger partial charge in [-0.05, 0) is 37.0 Å². The number of carbonyl (C=O) groups excluding carboxylic acids is 1. The monoisotopic (exact) mass is 387 g/mol. The molecule has 28 heavy (non-hydrogen) atoms. The zero-order valence-corrected chi connectivity index (χ0v) is 14.8. The molecule has 1 saturated carbocycles. The summed E-state index contributed by atoms with van der Waals surface area (Å²) >= 11 is 0. The number of amides is 1. The van der Waals surface area contributed by atoms with Gasteiger partial charge in [0.25, 0.3) is 5.91 Å². The van der Waals surface area contributed by atoms with Crippen molar-refractivity contribution in [3.05, 3.63) is 60.1 Å². The highest BCUT2D eigenvalue weighted by atomic mass is 19.1. The summed E-state index contributed by atoms with van der Waals surface area (Å²) < 4.78 is 30.0. The fourth-order valence-electron chi connectivity index (χ4n) is 3.73. The minimum Gasteiger partial charge on any atom is -0.391 e. The van der Waals surface area contributed by atoms with Gasteiger partial charge in [-0.25, -0.2) is 8.78 Å². The number of nitrogens with one attached hydrogen (secondary N) is 2. The van der Waals surface area contributed by atoms with Crippen molar-refractivity contribution < 1.29 is 18.7 Å². The second-order valence-corrected chi connectivity index (χ2v) is 6.97. The summed E-state index contributed by atoms with van der Waals surface area (Å²) in [4.78, 5) is 12.7. The van der Waals surface area contributed by atoms with Crippen LogP contribution in [0.1, 0.15) is 23.2 Å². The first-order chi connectivity index (χ1) is 13.5. The number of rotatable bonds is 5. The lowest BCUT2D eigenvalue weighted by Crippen LogP contribution is -2.40. The molecule has 1 unspecified atom stereocenters. The average molecular weight is 387 g/mol. The van der Waals surface area contributed by atoms with E-state index in [2.05, 4.69) is 20.6 Å². The Morgan fingerprint density at radius 2 is 2.07 bits per heavy atom. The number of hydrogen-bond donors (Lipinski definition) is 3. The third-order valence-corrected chi connectivity index (χ3v) is 5.04. The first-order valence-electron chi connectivity index (χ1n) is 8.97. The molecule has 2 heterocycles. The molecule has 1 fully saturated rings. The molecule has 0 aliphatic heterocycles. The topological polar surface area (TPSA) is 95.8 Å². The van der Waals surface area contributed by atoms with E-state index in [4.69, 9.17) is 0 Å². The van der Waals surface area contributed by atoms with E-state index in [0.717, 1.165) is 12.1 Å². The highest BCUT2D eigenvalue weighted by Gasteiger charge is 2.35. The van der Waals surface area contributed by atoms with Crippen LogP contribution in [0.5, 0.6) is 0 Å². The van der Waals surface area contributed by atoms with Gasteiger partial charge in [0.15, 0.2) is 0 Å². The summed E-state index contributed by atoms with van der Waals surface area (Å²) in [7, 11) is 0. The summed E-state index contributed by atoms with van der Waals surface area (Å²) in [5.74, 6) is -1.97. The number of nitrogens with zero attached hydrogens (tertiary/aromatic N) is 3. The van der Waals surface area contributed by atoms with Gasteiger partial charge in [-0.2, -0.15) is 10.2 Å². The minimum atomic E-state index is -0.793. The Kier molecular flexibility index (Phi) is 4.91. The molecule has 0 bridgehead atoms. The zero-order valence-electron chi connectivity index (χ0n) is 14.8. The molecule has 1 aliphatic carbocycles. The molecule has 3 aromatic rings. The summed E-state index contributed by atoms with van der Waals surface area (Å²) in [5, 5.41) is 23.5. The predicted octanol–water partition coefficient (Wildman–Crippen LogP) is 2.12. The predicted molar refractivity (Wildman–Crippen MR) is 96.2 cm³/mol.